The first-order chi connectivity index (χ1) is 11.4. The van der Waals surface area contributed by atoms with Gasteiger partial charge in [-0.3, -0.25) is 4.79 Å². The Morgan fingerprint density at radius 2 is 1.79 bits per heavy atom. The van der Waals surface area contributed by atoms with Crippen molar-refractivity contribution in [3.63, 3.8) is 0 Å². The number of amides is 1. The molecule has 0 fully saturated rings. The van der Waals surface area contributed by atoms with Crippen LogP contribution in [-0.2, 0) is 21.2 Å². The first-order valence-corrected chi connectivity index (χ1v) is 8.98. The zero-order chi connectivity index (χ0) is 17.6. The SMILES string of the molecule is Cc1ccccc1OCC(=O)NCCc1ccc(S(N)(=O)=O)cc1. The van der Waals surface area contributed by atoms with Gasteiger partial charge in [0.25, 0.3) is 5.91 Å². The van der Waals surface area contributed by atoms with E-state index in [4.69, 9.17) is 9.88 Å². The van der Waals surface area contributed by atoms with Crippen LogP contribution >= 0.6 is 0 Å². The van der Waals surface area contributed by atoms with Gasteiger partial charge in [-0.15, -0.1) is 0 Å². The van der Waals surface area contributed by atoms with E-state index < -0.39 is 10.0 Å². The summed E-state index contributed by atoms with van der Waals surface area (Å²) in [5.41, 5.74) is 1.88. The van der Waals surface area contributed by atoms with E-state index in [0.29, 0.717) is 18.7 Å². The second-order valence-corrected chi connectivity index (χ2v) is 6.90. The fourth-order valence-corrected chi connectivity index (χ4v) is 2.62. The molecule has 3 N–H and O–H groups in total. The van der Waals surface area contributed by atoms with Crippen LogP contribution in [0.3, 0.4) is 0 Å². The molecule has 0 aliphatic heterocycles. The number of ether oxygens (including phenoxy) is 1. The van der Waals surface area contributed by atoms with E-state index in [0.717, 1.165) is 11.1 Å². The lowest BCUT2D eigenvalue weighted by atomic mass is 10.1. The standard InChI is InChI=1S/C17H20N2O4S/c1-13-4-2-3-5-16(13)23-12-17(20)19-11-10-14-6-8-15(9-7-14)24(18,21)22/h2-9H,10-12H2,1H3,(H,19,20)(H2,18,21,22). The second kappa shape index (κ2) is 7.94. The fraction of sp³-hybridized carbons (Fsp3) is 0.235. The lowest BCUT2D eigenvalue weighted by molar-refractivity contribution is -0.123. The van der Waals surface area contributed by atoms with Crippen LogP contribution in [0, 0.1) is 6.92 Å². The highest BCUT2D eigenvalue weighted by atomic mass is 32.2. The number of carbonyl (C=O) groups excluding carboxylic acids is 1. The quantitative estimate of drug-likeness (QED) is 0.790. The Hall–Kier alpha value is -2.38. The van der Waals surface area contributed by atoms with Crippen molar-refractivity contribution < 1.29 is 17.9 Å². The van der Waals surface area contributed by atoms with Crippen LogP contribution in [0.1, 0.15) is 11.1 Å². The molecule has 0 unspecified atom stereocenters. The maximum atomic E-state index is 11.8. The van der Waals surface area contributed by atoms with Gasteiger partial charge in [-0.25, -0.2) is 13.6 Å². The summed E-state index contributed by atoms with van der Waals surface area (Å²) in [5, 5.41) is 7.80. The van der Waals surface area contributed by atoms with Crippen LogP contribution in [0.25, 0.3) is 0 Å². The van der Waals surface area contributed by atoms with Gasteiger partial charge in [0.05, 0.1) is 4.90 Å². The molecule has 0 saturated heterocycles. The summed E-state index contributed by atoms with van der Waals surface area (Å²) in [6.07, 6.45) is 0.584. The number of hydrogen-bond donors (Lipinski definition) is 2. The average molecular weight is 348 g/mol. The van der Waals surface area contributed by atoms with Crippen LogP contribution in [0.5, 0.6) is 5.75 Å². The Morgan fingerprint density at radius 3 is 2.42 bits per heavy atom. The second-order valence-electron chi connectivity index (χ2n) is 5.34. The molecule has 2 aromatic rings. The molecule has 2 aromatic carbocycles. The summed E-state index contributed by atoms with van der Waals surface area (Å²) in [7, 11) is -3.68. The van der Waals surface area contributed by atoms with Gasteiger partial charge >= 0.3 is 0 Å². The number of para-hydroxylation sites is 1. The molecule has 7 heteroatoms. The monoisotopic (exact) mass is 348 g/mol. The highest BCUT2D eigenvalue weighted by molar-refractivity contribution is 7.89. The van der Waals surface area contributed by atoms with Gasteiger partial charge in [-0.05, 0) is 42.7 Å². The zero-order valence-electron chi connectivity index (χ0n) is 13.4. The lowest BCUT2D eigenvalue weighted by Crippen LogP contribution is -2.30. The third kappa shape index (κ3) is 5.36. The van der Waals surface area contributed by atoms with Gasteiger partial charge in [-0.1, -0.05) is 30.3 Å². The van der Waals surface area contributed by atoms with Gasteiger partial charge in [0.1, 0.15) is 5.75 Å². The van der Waals surface area contributed by atoms with Crippen molar-refractivity contribution in [3.05, 3.63) is 59.7 Å². The molecule has 1 amide bonds. The predicted octanol–water partition coefficient (Wildman–Crippen LogP) is 1.38. The normalized spacial score (nSPS) is 11.1. The van der Waals surface area contributed by atoms with Crippen LogP contribution in [0.4, 0.5) is 0 Å². The molecular formula is C17H20N2O4S. The van der Waals surface area contributed by atoms with Crippen molar-refractivity contribution in [2.75, 3.05) is 13.2 Å². The van der Waals surface area contributed by atoms with E-state index in [1.54, 1.807) is 12.1 Å². The van der Waals surface area contributed by atoms with Gasteiger partial charge in [-0.2, -0.15) is 0 Å². The number of aryl methyl sites for hydroxylation is 1. The number of nitrogens with two attached hydrogens (primary N) is 1. The molecule has 0 saturated carbocycles. The van der Waals surface area contributed by atoms with Gasteiger partial charge in [0, 0.05) is 6.54 Å². The minimum absolute atomic E-state index is 0.0464. The van der Waals surface area contributed by atoms with Crippen molar-refractivity contribution in [1.29, 1.82) is 0 Å². The summed E-state index contributed by atoms with van der Waals surface area (Å²) >= 11 is 0. The summed E-state index contributed by atoms with van der Waals surface area (Å²) in [4.78, 5) is 11.8. The van der Waals surface area contributed by atoms with E-state index in [-0.39, 0.29) is 17.4 Å². The molecule has 0 bridgehead atoms. The summed E-state index contributed by atoms with van der Waals surface area (Å²) in [6, 6.07) is 13.7. The molecule has 0 atom stereocenters. The Morgan fingerprint density at radius 1 is 1.12 bits per heavy atom. The molecular weight excluding hydrogens is 328 g/mol. The number of nitrogens with one attached hydrogen (secondary N) is 1. The first kappa shape index (κ1) is 18.0. The van der Waals surface area contributed by atoms with Gasteiger partial charge in [0.2, 0.25) is 10.0 Å². The number of carbonyl (C=O) groups is 1. The number of sulfonamides is 1. The Kier molecular flexibility index (Phi) is 5.94. The third-order valence-electron chi connectivity index (χ3n) is 3.44. The van der Waals surface area contributed by atoms with E-state index >= 15 is 0 Å². The van der Waals surface area contributed by atoms with Crippen LogP contribution in [0.15, 0.2) is 53.4 Å². The van der Waals surface area contributed by atoms with Crippen molar-refractivity contribution in [3.8, 4) is 5.75 Å². The minimum Gasteiger partial charge on any atom is -0.484 e. The van der Waals surface area contributed by atoms with Gasteiger partial charge in [0.15, 0.2) is 6.61 Å². The molecule has 6 nitrogen and oxygen atoms in total. The number of rotatable bonds is 7. The van der Waals surface area contributed by atoms with Crippen molar-refractivity contribution in [2.45, 2.75) is 18.2 Å². The molecule has 0 radical (unpaired) electrons. The first-order valence-electron chi connectivity index (χ1n) is 7.43. The number of benzene rings is 2. The maximum Gasteiger partial charge on any atom is 0.257 e. The smallest absolute Gasteiger partial charge is 0.257 e. The fourth-order valence-electron chi connectivity index (χ4n) is 2.10. The van der Waals surface area contributed by atoms with Crippen molar-refractivity contribution in [1.82, 2.24) is 5.32 Å². The summed E-state index contributed by atoms with van der Waals surface area (Å²) in [5.74, 6) is 0.477. The maximum absolute atomic E-state index is 11.8. The number of primary sulfonamides is 1. The van der Waals surface area contributed by atoms with E-state index in [1.165, 1.54) is 12.1 Å². The van der Waals surface area contributed by atoms with Crippen LogP contribution in [-0.4, -0.2) is 27.5 Å². The number of hydrogen-bond acceptors (Lipinski definition) is 4. The Labute approximate surface area is 141 Å². The molecule has 0 aliphatic carbocycles. The van der Waals surface area contributed by atoms with E-state index in [9.17, 15) is 13.2 Å². The summed E-state index contributed by atoms with van der Waals surface area (Å²) < 4.78 is 27.8. The zero-order valence-corrected chi connectivity index (χ0v) is 14.2. The van der Waals surface area contributed by atoms with E-state index in [2.05, 4.69) is 5.32 Å². The Bertz CT molecular complexity index is 802. The molecule has 0 aromatic heterocycles. The molecule has 2 rings (SSSR count). The summed E-state index contributed by atoms with van der Waals surface area (Å²) in [6.45, 7) is 2.30. The van der Waals surface area contributed by atoms with E-state index in [1.807, 2.05) is 31.2 Å². The highest BCUT2D eigenvalue weighted by Gasteiger charge is 2.07. The molecule has 128 valence electrons. The van der Waals surface area contributed by atoms with Crippen LogP contribution in [0.2, 0.25) is 0 Å². The largest absolute Gasteiger partial charge is 0.484 e. The van der Waals surface area contributed by atoms with Gasteiger partial charge < -0.3 is 10.1 Å². The Balaban J connectivity index is 1.75. The third-order valence-corrected chi connectivity index (χ3v) is 4.37. The predicted molar refractivity (Wildman–Crippen MR) is 91.2 cm³/mol. The molecule has 0 aliphatic rings. The van der Waals surface area contributed by atoms with Crippen molar-refractivity contribution in [2.24, 2.45) is 5.14 Å². The molecule has 0 spiro atoms. The van der Waals surface area contributed by atoms with Crippen molar-refractivity contribution >= 4 is 15.9 Å². The topological polar surface area (TPSA) is 98.5 Å². The lowest BCUT2D eigenvalue weighted by Gasteiger charge is -2.09. The minimum atomic E-state index is -3.68. The molecule has 0 heterocycles. The molecule has 24 heavy (non-hydrogen) atoms. The average Bonchev–Trinajstić information content (AvgIpc) is 2.54. The highest BCUT2D eigenvalue weighted by Crippen LogP contribution is 2.15. The van der Waals surface area contributed by atoms with Crippen LogP contribution < -0.4 is 15.2 Å².